The van der Waals surface area contributed by atoms with Crippen LogP contribution in [0, 0.1) is 0 Å². The quantitative estimate of drug-likeness (QED) is 0.872. The molecule has 0 bridgehead atoms. The summed E-state index contributed by atoms with van der Waals surface area (Å²) in [7, 11) is 0. The van der Waals surface area contributed by atoms with Gasteiger partial charge in [0.25, 0.3) is 0 Å². The summed E-state index contributed by atoms with van der Waals surface area (Å²) in [6, 6.07) is -0.300. The van der Waals surface area contributed by atoms with Crippen molar-refractivity contribution in [1.82, 2.24) is 20.3 Å². The summed E-state index contributed by atoms with van der Waals surface area (Å²) in [5.41, 5.74) is 0. The van der Waals surface area contributed by atoms with Gasteiger partial charge in [0.1, 0.15) is 6.04 Å². The molecule has 0 aliphatic carbocycles. The predicted molar refractivity (Wildman–Crippen MR) is 80.7 cm³/mol. The van der Waals surface area contributed by atoms with Gasteiger partial charge < -0.3 is 15.1 Å². The molecule has 0 radical (unpaired) electrons. The Morgan fingerprint density at radius 3 is 2.57 bits per heavy atom. The lowest BCUT2D eigenvalue weighted by Crippen LogP contribution is -2.54. The largest absolute Gasteiger partial charge is 0.353 e. The second-order valence-electron chi connectivity index (χ2n) is 5.41. The van der Waals surface area contributed by atoms with Gasteiger partial charge in [-0.3, -0.25) is 4.79 Å². The monoisotopic (exact) mass is 310 g/mol. The molecule has 3 heterocycles. The molecule has 0 spiro atoms. The molecule has 1 atom stereocenters. The van der Waals surface area contributed by atoms with E-state index in [2.05, 4.69) is 25.2 Å². The Hall–Kier alpha value is -1.63. The molecular formula is C13H19ClN6O. The number of hydrogen-bond donors (Lipinski definition) is 1. The molecule has 3 rings (SSSR count). The summed E-state index contributed by atoms with van der Waals surface area (Å²) in [4.78, 5) is 28.8. The summed E-state index contributed by atoms with van der Waals surface area (Å²) in [5, 5.41) is 3.01. The maximum absolute atomic E-state index is 11.8. The summed E-state index contributed by atoms with van der Waals surface area (Å²) in [5.74, 6) is 1.08. The van der Waals surface area contributed by atoms with Crippen LogP contribution in [0.2, 0.25) is 5.28 Å². The Labute approximate surface area is 128 Å². The maximum atomic E-state index is 11.8. The van der Waals surface area contributed by atoms with Gasteiger partial charge in [0.2, 0.25) is 23.1 Å². The first kappa shape index (κ1) is 14.3. The summed E-state index contributed by atoms with van der Waals surface area (Å²) >= 11 is 6.06. The smallest absolute Gasteiger partial charge is 0.242 e. The SMILES string of the molecule is CC1C(=O)NCCN1c1nc(Cl)nc(N2CCCCC2)n1. The van der Waals surface area contributed by atoms with E-state index in [0.717, 1.165) is 25.9 Å². The van der Waals surface area contributed by atoms with E-state index < -0.39 is 0 Å². The molecular weight excluding hydrogens is 292 g/mol. The molecule has 1 unspecified atom stereocenters. The standard InChI is InChI=1S/C13H19ClN6O/c1-9-10(21)15-5-8-20(9)13-17-11(14)16-12(18-13)19-6-3-2-4-7-19/h9H,2-8H2,1H3,(H,15,21). The van der Waals surface area contributed by atoms with Gasteiger partial charge in [-0.15, -0.1) is 0 Å². The molecule has 1 aromatic rings. The zero-order valence-electron chi connectivity index (χ0n) is 12.0. The minimum atomic E-state index is -0.300. The molecule has 2 saturated heterocycles. The highest BCUT2D eigenvalue weighted by atomic mass is 35.5. The first-order valence-electron chi connectivity index (χ1n) is 7.36. The number of amides is 1. The summed E-state index contributed by atoms with van der Waals surface area (Å²) in [6.45, 7) is 4.98. The van der Waals surface area contributed by atoms with Crippen LogP contribution in [0.15, 0.2) is 0 Å². The average molecular weight is 311 g/mol. The first-order chi connectivity index (χ1) is 10.1. The molecule has 2 aliphatic rings. The lowest BCUT2D eigenvalue weighted by atomic mass is 10.1. The number of piperidine rings is 1. The molecule has 2 fully saturated rings. The molecule has 7 nitrogen and oxygen atoms in total. The first-order valence-corrected chi connectivity index (χ1v) is 7.74. The molecule has 21 heavy (non-hydrogen) atoms. The fourth-order valence-corrected chi connectivity index (χ4v) is 2.90. The molecule has 1 amide bonds. The maximum Gasteiger partial charge on any atom is 0.242 e. The van der Waals surface area contributed by atoms with E-state index in [-0.39, 0.29) is 17.2 Å². The third-order valence-corrected chi connectivity index (χ3v) is 4.15. The highest BCUT2D eigenvalue weighted by molar-refractivity contribution is 6.28. The summed E-state index contributed by atoms with van der Waals surface area (Å²) < 4.78 is 0. The van der Waals surface area contributed by atoms with E-state index in [1.807, 2.05) is 11.8 Å². The zero-order chi connectivity index (χ0) is 14.8. The molecule has 8 heteroatoms. The number of nitrogens with zero attached hydrogens (tertiary/aromatic N) is 5. The van der Waals surface area contributed by atoms with Crippen LogP contribution >= 0.6 is 11.6 Å². The van der Waals surface area contributed by atoms with Crippen LogP contribution < -0.4 is 15.1 Å². The van der Waals surface area contributed by atoms with E-state index >= 15 is 0 Å². The fourth-order valence-electron chi connectivity index (χ4n) is 2.75. The van der Waals surface area contributed by atoms with Crippen molar-refractivity contribution in [2.24, 2.45) is 0 Å². The van der Waals surface area contributed by atoms with Gasteiger partial charge in [-0.2, -0.15) is 15.0 Å². The van der Waals surface area contributed by atoms with Gasteiger partial charge in [0, 0.05) is 26.2 Å². The average Bonchev–Trinajstić information content (AvgIpc) is 2.50. The third kappa shape index (κ3) is 3.02. The van der Waals surface area contributed by atoms with Crippen molar-refractivity contribution < 1.29 is 4.79 Å². The Morgan fingerprint density at radius 2 is 1.81 bits per heavy atom. The zero-order valence-corrected chi connectivity index (χ0v) is 12.8. The van der Waals surface area contributed by atoms with Crippen molar-refractivity contribution in [3.8, 4) is 0 Å². The van der Waals surface area contributed by atoms with Crippen LogP contribution in [0.1, 0.15) is 26.2 Å². The highest BCUT2D eigenvalue weighted by Gasteiger charge is 2.28. The number of halogens is 1. The Morgan fingerprint density at radius 1 is 1.10 bits per heavy atom. The Bertz CT molecular complexity index is 533. The van der Waals surface area contributed by atoms with E-state index in [1.54, 1.807) is 0 Å². The van der Waals surface area contributed by atoms with E-state index in [1.165, 1.54) is 6.42 Å². The Kier molecular flexibility index (Phi) is 4.10. The van der Waals surface area contributed by atoms with Crippen LogP contribution in [0.4, 0.5) is 11.9 Å². The van der Waals surface area contributed by atoms with Crippen molar-refractivity contribution in [2.45, 2.75) is 32.2 Å². The van der Waals surface area contributed by atoms with Gasteiger partial charge >= 0.3 is 0 Å². The van der Waals surface area contributed by atoms with Crippen molar-refractivity contribution in [3.63, 3.8) is 0 Å². The lowest BCUT2D eigenvalue weighted by molar-refractivity contribution is -0.122. The topological polar surface area (TPSA) is 74.2 Å². The summed E-state index contributed by atoms with van der Waals surface area (Å²) in [6.07, 6.45) is 3.52. The molecule has 1 aromatic heterocycles. The predicted octanol–water partition coefficient (Wildman–Crippen LogP) is 0.840. The van der Waals surface area contributed by atoms with Crippen LogP contribution in [0.3, 0.4) is 0 Å². The number of anilines is 2. The van der Waals surface area contributed by atoms with Crippen molar-refractivity contribution in [1.29, 1.82) is 0 Å². The van der Waals surface area contributed by atoms with Gasteiger partial charge in [-0.25, -0.2) is 0 Å². The molecule has 1 N–H and O–H groups in total. The highest BCUT2D eigenvalue weighted by Crippen LogP contribution is 2.21. The van der Waals surface area contributed by atoms with Crippen molar-refractivity contribution in [3.05, 3.63) is 5.28 Å². The van der Waals surface area contributed by atoms with Gasteiger partial charge in [-0.1, -0.05) is 0 Å². The number of aromatic nitrogens is 3. The third-order valence-electron chi connectivity index (χ3n) is 3.98. The molecule has 0 aromatic carbocycles. The number of rotatable bonds is 2. The number of carbonyl (C=O) groups is 1. The van der Waals surface area contributed by atoms with Crippen LogP contribution in [-0.2, 0) is 4.79 Å². The second-order valence-corrected chi connectivity index (χ2v) is 5.75. The van der Waals surface area contributed by atoms with Gasteiger partial charge in [0.05, 0.1) is 0 Å². The number of piperazine rings is 1. The van der Waals surface area contributed by atoms with E-state index in [4.69, 9.17) is 11.6 Å². The second kappa shape index (κ2) is 6.01. The number of nitrogens with one attached hydrogen (secondary N) is 1. The number of hydrogen-bond acceptors (Lipinski definition) is 6. The Balaban J connectivity index is 1.88. The van der Waals surface area contributed by atoms with Crippen LogP contribution in [-0.4, -0.2) is 53.1 Å². The molecule has 2 aliphatic heterocycles. The van der Waals surface area contributed by atoms with Gasteiger partial charge in [0.15, 0.2) is 0 Å². The minimum absolute atomic E-state index is 0.0164. The van der Waals surface area contributed by atoms with Crippen LogP contribution in [0.5, 0.6) is 0 Å². The van der Waals surface area contributed by atoms with Crippen LogP contribution in [0.25, 0.3) is 0 Å². The lowest BCUT2D eigenvalue weighted by Gasteiger charge is -2.33. The molecule has 114 valence electrons. The fraction of sp³-hybridized carbons (Fsp3) is 0.692. The molecule has 0 saturated carbocycles. The minimum Gasteiger partial charge on any atom is -0.353 e. The van der Waals surface area contributed by atoms with Crippen molar-refractivity contribution >= 4 is 29.4 Å². The van der Waals surface area contributed by atoms with E-state index in [0.29, 0.717) is 25.0 Å². The van der Waals surface area contributed by atoms with Crippen molar-refractivity contribution in [2.75, 3.05) is 36.0 Å². The number of carbonyl (C=O) groups excluding carboxylic acids is 1. The van der Waals surface area contributed by atoms with E-state index in [9.17, 15) is 4.79 Å². The normalized spacial score (nSPS) is 23.1. The van der Waals surface area contributed by atoms with Gasteiger partial charge in [-0.05, 0) is 37.8 Å².